The zero-order valence-electron chi connectivity index (χ0n) is 14.3. The average molecular weight is 341 g/mol. The van der Waals surface area contributed by atoms with Crippen LogP contribution in [0.25, 0.3) is 11.4 Å². The van der Waals surface area contributed by atoms with E-state index >= 15 is 0 Å². The maximum absolute atomic E-state index is 12.1. The highest BCUT2D eigenvalue weighted by Gasteiger charge is 2.24. The number of nitrogens with one attached hydrogen (secondary N) is 3. The average Bonchev–Trinajstić information content (AvgIpc) is 3.29. The van der Waals surface area contributed by atoms with Gasteiger partial charge in [-0.3, -0.25) is 14.7 Å². The van der Waals surface area contributed by atoms with Crippen LogP contribution in [-0.2, 0) is 9.59 Å². The van der Waals surface area contributed by atoms with E-state index in [0.717, 1.165) is 31.2 Å². The highest BCUT2D eigenvalue weighted by atomic mass is 16.2. The van der Waals surface area contributed by atoms with Gasteiger partial charge in [-0.15, -0.1) is 0 Å². The van der Waals surface area contributed by atoms with Gasteiger partial charge >= 0.3 is 0 Å². The van der Waals surface area contributed by atoms with E-state index in [1.807, 2.05) is 31.2 Å². The fraction of sp³-hybridized carbons (Fsp3) is 0.444. The number of carbonyl (C=O) groups excluding carboxylic acids is 2. The Bertz CT molecular complexity index is 706. The molecule has 1 aliphatic carbocycles. The Morgan fingerprint density at radius 3 is 2.60 bits per heavy atom. The molecule has 0 saturated heterocycles. The molecule has 0 radical (unpaired) electrons. The lowest BCUT2D eigenvalue weighted by molar-refractivity contribution is -0.125. The molecule has 1 aliphatic rings. The fourth-order valence-electron chi connectivity index (χ4n) is 3.15. The predicted octanol–water partition coefficient (Wildman–Crippen LogP) is 2.50. The minimum atomic E-state index is -0.179. The van der Waals surface area contributed by atoms with E-state index in [4.69, 9.17) is 0 Å². The van der Waals surface area contributed by atoms with Crippen molar-refractivity contribution in [3.63, 3.8) is 0 Å². The van der Waals surface area contributed by atoms with E-state index in [-0.39, 0.29) is 30.2 Å². The van der Waals surface area contributed by atoms with Crippen molar-refractivity contribution in [1.29, 1.82) is 0 Å². The first-order valence-electron chi connectivity index (χ1n) is 8.68. The molecule has 1 aromatic carbocycles. The molecule has 2 aromatic rings. The first-order chi connectivity index (χ1) is 12.1. The molecule has 1 unspecified atom stereocenters. The lowest BCUT2D eigenvalue weighted by Gasteiger charge is -2.16. The third-order valence-electron chi connectivity index (χ3n) is 4.46. The lowest BCUT2D eigenvalue weighted by Crippen LogP contribution is -2.38. The summed E-state index contributed by atoms with van der Waals surface area (Å²) in [4.78, 5) is 28.3. The SMILES string of the molecule is CC(CC(=O)Nc1ccc(-c2ncn[nH]2)cc1)NC(=O)C1CCCC1. The third kappa shape index (κ3) is 4.65. The smallest absolute Gasteiger partial charge is 0.226 e. The van der Waals surface area contributed by atoms with Crippen LogP contribution in [-0.4, -0.2) is 33.0 Å². The van der Waals surface area contributed by atoms with Gasteiger partial charge in [0, 0.05) is 29.6 Å². The molecule has 0 bridgehead atoms. The molecule has 7 nitrogen and oxygen atoms in total. The molecular formula is C18H23N5O2. The minimum absolute atomic E-state index is 0.0780. The summed E-state index contributed by atoms with van der Waals surface area (Å²) >= 11 is 0. The number of aromatic nitrogens is 3. The predicted molar refractivity (Wildman–Crippen MR) is 94.6 cm³/mol. The molecule has 3 N–H and O–H groups in total. The normalized spacial score (nSPS) is 15.7. The largest absolute Gasteiger partial charge is 0.353 e. The highest BCUT2D eigenvalue weighted by molar-refractivity contribution is 5.91. The van der Waals surface area contributed by atoms with Crippen LogP contribution in [0.15, 0.2) is 30.6 Å². The summed E-state index contributed by atoms with van der Waals surface area (Å²) in [5, 5.41) is 12.4. The molecule has 1 fully saturated rings. The molecule has 0 spiro atoms. The van der Waals surface area contributed by atoms with Gasteiger partial charge in [0.05, 0.1) is 0 Å². The Balaban J connectivity index is 1.47. The quantitative estimate of drug-likeness (QED) is 0.751. The van der Waals surface area contributed by atoms with Gasteiger partial charge in [-0.2, -0.15) is 5.10 Å². The number of H-pyrrole nitrogens is 1. The number of carbonyl (C=O) groups is 2. The van der Waals surface area contributed by atoms with E-state index < -0.39 is 0 Å². The number of amides is 2. The van der Waals surface area contributed by atoms with Crippen molar-refractivity contribution in [2.45, 2.75) is 45.1 Å². The van der Waals surface area contributed by atoms with E-state index in [0.29, 0.717) is 11.5 Å². The van der Waals surface area contributed by atoms with Crippen LogP contribution in [0, 0.1) is 5.92 Å². The fourth-order valence-corrected chi connectivity index (χ4v) is 3.15. The van der Waals surface area contributed by atoms with E-state index in [2.05, 4.69) is 25.8 Å². The Morgan fingerprint density at radius 2 is 1.96 bits per heavy atom. The Labute approximate surface area is 146 Å². The molecule has 0 aliphatic heterocycles. The first kappa shape index (κ1) is 17.1. The summed E-state index contributed by atoms with van der Waals surface area (Å²) in [6.07, 6.45) is 5.87. The van der Waals surface area contributed by atoms with Gasteiger partial charge in [0.1, 0.15) is 6.33 Å². The van der Waals surface area contributed by atoms with E-state index in [1.165, 1.54) is 6.33 Å². The van der Waals surface area contributed by atoms with Crippen LogP contribution in [0.1, 0.15) is 39.0 Å². The van der Waals surface area contributed by atoms with Crippen molar-refractivity contribution in [3.8, 4) is 11.4 Å². The van der Waals surface area contributed by atoms with Crippen LogP contribution in [0.4, 0.5) is 5.69 Å². The summed E-state index contributed by atoms with van der Waals surface area (Å²) < 4.78 is 0. The van der Waals surface area contributed by atoms with Gasteiger partial charge in [0.15, 0.2) is 5.82 Å². The number of benzene rings is 1. The molecule has 2 amide bonds. The molecule has 1 heterocycles. The van der Waals surface area contributed by atoms with Gasteiger partial charge < -0.3 is 10.6 Å². The van der Waals surface area contributed by atoms with Gasteiger partial charge in [-0.05, 0) is 44.0 Å². The Morgan fingerprint density at radius 1 is 1.24 bits per heavy atom. The van der Waals surface area contributed by atoms with Gasteiger partial charge in [0.25, 0.3) is 0 Å². The molecule has 25 heavy (non-hydrogen) atoms. The lowest BCUT2D eigenvalue weighted by atomic mass is 10.1. The second-order valence-electron chi connectivity index (χ2n) is 6.55. The molecule has 1 aromatic heterocycles. The second kappa shape index (κ2) is 7.92. The second-order valence-corrected chi connectivity index (χ2v) is 6.55. The zero-order chi connectivity index (χ0) is 17.6. The summed E-state index contributed by atoms with van der Waals surface area (Å²) in [5.74, 6) is 0.760. The highest BCUT2D eigenvalue weighted by Crippen LogP contribution is 2.24. The number of hydrogen-bond acceptors (Lipinski definition) is 4. The number of anilines is 1. The maximum Gasteiger partial charge on any atom is 0.226 e. The first-order valence-corrected chi connectivity index (χ1v) is 8.68. The van der Waals surface area contributed by atoms with Crippen molar-refractivity contribution in [2.24, 2.45) is 5.92 Å². The summed E-state index contributed by atoms with van der Waals surface area (Å²) in [6, 6.07) is 7.18. The van der Waals surface area contributed by atoms with Gasteiger partial charge in [-0.25, -0.2) is 4.98 Å². The Kier molecular flexibility index (Phi) is 5.42. The van der Waals surface area contributed by atoms with Crippen molar-refractivity contribution in [2.75, 3.05) is 5.32 Å². The Hall–Kier alpha value is -2.70. The topological polar surface area (TPSA) is 99.8 Å². The molecular weight excluding hydrogens is 318 g/mol. The van der Waals surface area contributed by atoms with E-state index in [9.17, 15) is 9.59 Å². The minimum Gasteiger partial charge on any atom is -0.353 e. The van der Waals surface area contributed by atoms with Crippen LogP contribution in [0.5, 0.6) is 0 Å². The van der Waals surface area contributed by atoms with Crippen molar-refractivity contribution >= 4 is 17.5 Å². The zero-order valence-corrected chi connectivity index (χ0v) is 14.3. The molecule has 1 saturated carbocycles. The standard InChI is InChI=1S/C18H23N5O2/c1-12(21-18(25)14-4-2-3-5-14)10-16(24)22-15-8-6-13(7-9-15)17-19-11-20-23-17/h6-9,11-12,14H,2-5,10H2,1H3,(H,21,25)(H,22,24)(H,19,20,23). The molecule has 1 atom stereocenters. The van der Waals surface area contributed by atoms with Crippen molar-refractivity contribution in [1.82, 2.24) is 20.5 Å². The molecule has 3 rings (SSSR count). The van der Waals surface area contributed by atoms with Crippen LogP contribution in [0.3, 0.4) is 0 Å². The maximum atomic E-state index is 12.1. The van der Waals surface area contributed by atoms with Gasteiger partial charge in [-0.1, -0.05) is 12.8 Å². The van der Waals surface area contributed by atoms with E-state index in [1.54, 1.807) is 0 Å². The van der Waals surface area contributed by atoms with Crippen LogP contribution < -0.4 is 10.6 Å². The summed E-state index contributed by atoms with van der Waals surface area (Å²) in [5.41, 5.74) is 1.61. The number of hydrogen-bond donors (Lipinski definition) is 3. The molecule has 132 valence electrons. The summed E-state index contributed by atoms with van der Waals surface area (Å²) in [6.45, 7) is 1.86. The molecule has 7 heteroatoms. The van der Waals surface area contributed by atoms with Crippen molar-refractivity contribution < 1.29 is 9.59 Å². The summed E-state index contributed by atoms with van der Waals surface area (Å²) in [7, 11) is 0. The third-order valence-corrected chi connectivity index (χ3v) is 4.46. The van der Waals surface area contributed by atoms with Crippen LogP contribution in [0.2, 0.25) is 0 Å². The van der Waals surface area contributed by atoms with Crippen molar-refractivity contribution in [3.05, 3.63) is 30.6 Å². The number of rotatable bonds is 6. The number of aromatic amines is 1. The van der Waals surface area contributed by atoms with Gasteiger partial charge in [0.2, 0.25) is 11.8 Å². The number of nitrogens with zero attached hydrogens (tertiary/aromatic N) is 2. The van der Waals surface area contributed by atoms with Crippen LogP contribution >= 0.6 is 0 Å². The monoisotopic (exact) mass is 341 g/mol.